The molecule has 0 N–H and O–H groups in total. The molecule has 1 saturated carbocycles. The van der Waals surface area contributed by atoms with Gasteiger partial charge in [-0.15, -0.1) is 6.58 Å². The molecule has 0 spiro atoms. The first-order chi connectivity index (χ1) is 6.70. The van der Waals surface area contributed by atoms with Crippen molar-refractivity contribution in [2.75, 3.05) is 0 Å². The van der Waals surface area contributed by atoms with Gasteiger partial charge in [0, 0.05) is 0 Å². The van der Waals surface area contributed by atoms with Crippen molar-refractivity contribution in [2.24, 2.45) is 17.8 Å². The van der Waals surface area contributed by atoms with E-state index < -0.39 is 0 Å². The first-order valence-corrected chi connectivity index (χ1v) is 5.98. The van der Waals surface area contributed by atoms with Crippen LogP contribution in [0.4, 0.5) is 0 Å². The maximum Gasteiger partial charge on any atom is -0.0289 e. The Bertz CT molecular complexity index is 202. The zero-order valence-corrected chi connectivity index (χ0v) is 9.76. The van der Waals surface area contributed by atoms with Crippen LogP contribution in [0.5, 0.6) is 0 Å². The van der Waals surface area contributed by atoms with Crippen LogP contribution in [0, 0.1) is 17.8 Å². The van der Waals surface area contributed by atoms with E-state index in [1.807, 2.05) is 6.08 Å². The van der Waals surface area contributed by atoms with E-state index >= 15 is 0 Å². The largest absolute Gasteiger partial charge is 0.103 e. The van der Waals surface area contributed by atoms with Crippen LogP contribution in [0.3, 0.4) is 0 Å². The SMILES string of the molecule is C=CCCCC1C(C)C1CC(=C)CC. The molecular weight excluding hydrogens is 168 g/mol. The van der Waals surface area contributed by atoms with Crippen molar-refractivity contribution in [1.29, 1.82) is 0 Å². The maximum atomic E-state index is 4.10. The highest BCUT2D eigenvalue weighted by Crippen LogP contribution is 2.52. The minimum absolute atomic E-state index is 0.947. The average molecular weight is 192 g/mol. The van der Waals surface area contributed by atoms with E-state index in [1.54, 1.807) is 0 Å². The number of unbranched alkanes of at least 4 members (excludes halogenated alkanes) is 1. The summed E-state index contributed by atoms with van der Waals surface area (Å²) < 4.78 is 0. The number of allylic oxidation sites excluding steroid dienone is 2. The third kappa shape index (κ3) is 3.01. The van der Waals surface area contributed by atoms with Crippen molar-refractivity contribution >= 4 is 0 Å². The molecule has 3 unspecified atom stereocenters. The van der Waals surface area contributed by atoms with Crippen LogP contribution in [0.2, 0.25) is 0 Å². The molecule has 0 aromatic carbocycles. The molecule has 3 atom stereocenters. The second-order valence-electron chi connectivity index (χ2n) is 4.71. The van der Waals surface area contributed by atoms with Crippen molar-refractivity contribution in [2.45, 2.75) is 46.0 Å². The third-order valence-corrected chi connectivity index (χ3v) is 3.73. The highest BCUT2D eigenvalue weighted by molar-refractivity contribution is 5.04. The van der Waals surface area contributed by atoms with Crippen LogP contribution in [0.15, 0.2) is 24.8 Å². The fraction of sp³-hybridized carbons (Fsp3) is 0.714. The molecule has 1 aliphatic rings. The molecule has 0 bridgehead atoms. The van der Waals surface area contributed by atoms with E-state index in [4.69, 9.17) is 0 Å². The number of hydrogen-bond donors (Lipinski definition) is 0. The van der Waals surface area contributed by atoms with Gasteiger partial charge in [-0.1, -0.05) is 32.1 Å². The van der Waals surface area contributed by atoms with Gasteiger partial charge in [-0.05, 0) is 49.9 Å². The molecule has 1 rings (SSSR count). The molecular formula is C14H24. The lowest BCUT2D eigenvalue weighted by Crippen LogP contribution is -1.86. The molecule has 0 aliphatic heterocycles. The van der Waals surface area contributed by atoms with Crippen LogP contribution < -0.4 is 0 Å². The van der Waals surface area contributed by atoms with Gasteiger partial charge in [-0.2, -0.15) is 0 Å². The lowest BCUT2D eigenvalue weighted by atomic mass is 10.1. The molecule has 0 nitrogen and oxygen atoms in total. The van der Waals surface area contributed by atoms with Gasteiger partial charge in [0.15, 0.2) is 0 Å². The topological polar surface area (TPSA) is 0 Å². The Hall–Kier alpha value is -0.520. The molecule has 0 aromatic rings. The van der Waals surface area contributed by atoms with Crippen molar-refractivity contribution in [3.05, 3.63) is 24.8 Å². The van der Waals surface area contributed by atoms with Gasteiger partial charge in [-0.3, -0.25) is 0 Å². The molecule has 0 amide bonds. The molecule has 0 heteroatoms. The van der Waals surface area contributed by atoms with Gasteiger partial charge < -0.3 is 0 Å². The van der Waals surface area contributed by atoms with E-state index in [9.17, 15) is 0 Å². The Labute approximate surface area is 89.1 Å². The molecule has 0 heterocycles. The van der Waals surface area contributed by atoms with Crippen LogP contribution in [-0.2, 0) is 0 Å². The lowest BCUT2D eigenvalue weighted by Gasteiger charge is -2.00. The molecule has 0 saturated heterocycles. The summed E-state index contributed by atoms with van der Waals surface area (Å²) in [6.45, 7) is 12.5. The van der Waals surface area contributed by atoms with Crippen molar-refractivity contribution < 1.29 is 0 Å². The van der Waals surface area contributed by atoms with Gasteiger partial charge in [-0.25, -0.2) is 0 Å². The predicted octanol–water partition coefficient (Wildman–Crippen LogP) is 4.58. The number of rotatable bonds is 7. The van der Waals surface area contributed by atoms with Crippen molar-refractivity contribution in [3.8, 4) is 0 Å². The van der Waals surface area contributed by atoms with Gasteiger partial charge in [0.25, 0.3) is 0 Å². The highest BCUT2D eigenvalue weighted by atomic mass is 14.5. The van der Waals surface area contributed by atoms with E-state index in [-0.39, 0.29) is 0 Å². The summed E-state index contributed by atoms with van der Waals surface area (Å²) >= 11 is 0. The molecule has 1 fully saturated rings. The summed E-state index contributed by atoms with van der Waals surface area (Å²) in [5.74, 6) is 2.88. The Morgan fingerprint density at radius 2 is 2.07 bits per heavy atom. The Kier molecular flexibility index (Phi) is 4.44. The molecule has 0 aromatic heterocycles. The Morgan fingerprint density at radius 3 is 2.64 bits per heavy atom. The lowest BCUT2D eigenvalue weighted by molar-refractivity contribution is 0.603. The first kappa shape index (κ1) is 11.6. The minimum atomic E-state index is 0.947. The van der Waals surface area contributed by atoms with E-state index in [1.165, 1.54) is 31.3 Å². The zero-order chi connectivity index (χ0) is 10.6. The second kappa shape index (κ2) is 5.38. The van der Waals surface area contributed by atoms with Crippen molar-refractivity contribution in [3.63, 3.8) is 0 Å². The van der Waals surface area contributed by atoms with Crippen LogP contribution in [0.1, 0.15) is 46.0 Å². The first-order valence-electron chi connectivity index (χ1n) is 5.98. The zero-order valence-electron chi connectivity index (χ0n) is 9.76. The quantitative estimate of drug-likeness (QED) is 0.409. The van der Waals surface area contributed by atoms with Crippen LogP contribution in [-0.4, -0.2) is 0 Å². The molecule has 1 aliphatic carbocycles. The Morgan fingerprint density at radius 1 is 1.36 bits per heavy atom. The predicted molar refractivity (Wildman–Crippen MR) is 64.2 cm³/mol. The van der Waals surface area contributed by atoms with Gasteiger partial charge >= 0.3 is 0 Å². The fourth-order valence-corrected chi connectivity index (χ4v) is 2.43. The monoisotopic (exact) mass is 192 g/mol. The van der Waals surface area contributed by atoms with Gasteiger partial charge in [0.2, 0.25) is 0 Å². The normalized spacial score (nSPS) is 30.0. The number of hydrogen-bond acceptors (Lipinski definition) is 0. The third-order valence-electron chi connectivity index (χ3n) is 3.73. The van der Waals surface area contributed by atoms with E-state index in [0.29, 0.717) is 0 Å². The second-order valence-corrected chi connectivity index (χ2v) is 4.71. The van der Waals surface area contributed by atoms with Crippen LogP contribution >= 0.6 is 0 Å². The van der Waals surface area contributed by atoms with Gasteiger partial charge in [0.1, 0.15) is 0 Å². The van der Waals surface area contributed by atoms with Crippen LogP contribution in [0.25, 0.3) is 0 Å². The Balaban J connectivity index is 2.17. The maximum absolute atomic E-state index is 4.10. The summed E-state index contributed by atoms with van der Waals surface area (Å²) in [5.41, 5.74) is 1.44. The van der Waals surface area contributed by atoms with Crippen molar-refractivity contribution in [1.82, 2.24) is 0 Å². The fourth-order valence-electron chi connectivity index (χ4n) is 2.43. The van der Waals surface area contributed by atoms with E-state index in [2.05, 4.69) is 27.0 Å². The standard InChI is InChI=1S/C14H24/c1-5-7-8-9-13-12(4)14(13)10-11(3)6-2/h5,12-14H,1,3,6-10H2,2,4H3. The summed E-state index contributed by atoms with van der Waals surface area (Å²) in [4.78, 5) is 0. The molecule has 14 heavy (non-hydrogen) atoms. The highest BCUT2D eigenvalue weighted by Gasteiger charge is 2.44. The van der Waals surface area contributed by atoms with E-state index in [0.717, 1.165) is 24.2 Å². The van der Waals surface area contributed by atoms with Gasteiger partial charge in [0.05, 0.1) is 0 Å². The minimum Gasteiger partial charge on any atom is -0.103 e. The molecule has 80 valence electrons. The molecule has 0 radical (unpaired) electrons. The summed E-state index contributed by atoms with van der Waals surface area (Å²) in [6.07, 6.45) is 8.37. The summed E-state index contributed by atoms with van der Waals surface area (Å²) in [5, 5.41) is 0. The summed E-state index contributed by atoms with van der Waals surface area (Å²) in [6, 6.07) is 0. The smallest absolute Gasteiger partial charge is 0.0289 e. The summed E-state index contributed by atoms with van der Waals surface area (Å²) in [7, 11) is 0. The average Bonchev–Trinajstić information content (AvgIpc) is 2.77.